The smallest absolute Gasteiger partial charge is 0.163 e. The SMILES string of the molecule is C(=Cc1ccccc1)CN1CCN(c2nc3cccnc3n3cccc23)CC1. The Labute approximate surface area is 164 Å². The molecule has 1 aromatic carbocycles. The summed E-state index contributed by atoms with van der Waals surface area (Å²) < 4.78 is 2.15. The van der Waals surface area contributed by atoms with E-state index in [2.05, 4.69) is 80.0 Å². The average Bonchev–Trinajstić information content (AvgIpc) is 3.25. The third kappa shape index (κ3) is 3.25. The Kier molecular flexibility index (Phi) is 4.51. The van der Waals surface area contributed by atoms with Gasteiger partial charge in [0.15, 0.2) is 11.5 Å². The van der Waals surface area contributed by atoms with Crippen LogP contribution in [0.15, 0.2) is 73.1 Å². The lowest BCUT2D eigenvalue weighted by Gasteiger charge is -2.35. The van der Waals surface area contributed by atoms with Gasteiger partial charge in [0, 0.05) is 45.1 Å². The van der Waals surface area contributed by atoms with Crippen LogP contribution in [-0.4, -0.2) is 52.0 Å². The van der Waals surface area contributed by atoms with E-state index in [1.165, 1.54) is 5.56 Å². The summed E-state index contributed by atoms with van der Waals surface area (Å²) >= 11 is 0. The third-order valence-corrected chi connectivity index (χ3v) is 5.34. The lowest BCUT2D eigenvalue weighted by Crippen LogP contribution is -2.46. The van der Waals surface area contributed by atoms with E-state index in [0.29, 0.717) is 0 Å². The number of nitrogens with zero attached hydrogens (tertiary/aromatic N) is 5. The van der Waals surface area contributed by atoms with Crippen LogP contribution in [0.2, 0.25) is 0 Å². The van der Waals surface area contributed by atoms with Gasteiger partial charge in [0.25, 0.3) is 0 Å². The summed E-state index contributed by atoms with van der Waals surface area (Å²) in [5.41, 5.74) is 4.24. The molecule has 1 fully saturated rings. The van der Waals surface area contributed by atoms with Gasteiger partial charge in [-0.05, 0) is 29.8 Å². The summed E-state index contributed by atoms with van der Waals surface area (Å²) in [6.07, 6.45) is 8.36. The van der Waals surface area contributed by atoms with Crippen molar-refractivity contribution in [3.05, 3.63) is 78.6 Å². The number of hydrogen-bond acceptors (Lipinski definition) is 4. The molecule has 1 saturated heterocycles. The van der Waals surface area contributed by atoms with E-state index in [1.54, 1.807) is 0 Å². The molecular formula is C23H23N5. The predicted molar refractivity (Wildman–Crippen MR) is 115 cm³/mol. The Morgan fingerprint density at radius 1 is 0.893 bits per heavy atom. The molecule has 0 bridgehead atoms. The number of anilines is 1. The molecule has 140 valence electrons. The van der Waals surface area contributed by atoms with Crippen molar-refractivity contribution in [2.24, 2.45) is 0 Å². The molecule has 0 unspecified atom stereocenters. The van der Waals surface area contributed by atoms with Crippen molar-refractivity contribution in [3.63, 3.8) is 0 Å². The van der Waals surface area contributed by atoms with Gasteiger partial charge in [0.05, 0.1) is 5.52 Å². The molecule has 4 aromatic rings. The standard InChI is InChI=1S/C23H23N5/c1-2-7-19(8-3-1)9-5-13-26-15-17-27(18-16-26)23-21-11-6-14-28(21)22-20(25-23)10-4-12-24-22/h1-12,14H,13,15-18H2. The first kappa shape index (κ1) is 17.0. The van der Waals surface area contributed by atoms with Gasteiger partial charge in [0.2, 0.25) is 0 Å². The van der Waals surface area contributed by atoms with Crippen LogP contribution in [0.25, 0.3) is 22.8 Å². The lowest BCUT2D eigenvalue weighted by atomic mass is 10.2. The van der Waals surface area contributed by atoms with Crippen LogP contribution in [0.4, 0.5) is 5.82 Å². The summed E-state index contributed by atoms with van der Waals surface area (Å²) in [6, 6.07) is 18.7. The lowest BCUT2D eigenvalue weighted by molar-refractivity contribution is 0.284. The van der Waals surface area contributed by atoms with Crippen LogP contribution in [0.1, 0.15) is 5.56 Å². The zero-order chi connectivity index (χ0) is 18.8. The van der Waals surface area contributed by atoms with Crippen molar-refractivity contribution in [1.82, 2.24) is 19.3 Å². The maximum absolute atomic E-state index is 4.94. The van der Waals surface area contributed by atoms with Crippen molar-refractivity contribution in [3.8, 4) is 0 Å². The highest BCUT2D eigenvalue weighted by Crippen LogP contribution is 2.25. The summed E-state index contributed by atoms with van der Waals surface area (Å²) in [4.78, 5) is 14.3. The quantitative estimate of drug-likeness (QED) is 0.549. The summed E-state index contributed by atoms with van der Waals surface area (Å²) in [5.74, 6) is 1.06. The average molecular weight is 369 g/mol. The van der Waals surface area contributed by atoms with E-state index in [0.717, 1.165) is 55.2 Å². The topological polar surface area (TPSA) is 36.7 Å². The summed E-state index contributed by atoms with van der Waals surface area (Å²) in [6.45, 7) is 5.04. The Hall–Kier alpha value is -3.18. The molecule has 5 heteroatoms. The number of piperazine rings is 1. The van der Waals surface area contributed by atoms with E-state index >= 15 is 0 Å². The van der Waals surface area contributed by atoms with Crippen LogP contribution >= 0.6 is 0 Å². The number of aromatic nitrogens is 3. The number of benzene rings is 1. The fraction of sp³-hybridized carbons (Fsp3) is 0.217. The second-order valence-electron chi connectivity index (χ2n) is 7.15. The fourth-order valence-corrected chi connectivity index (χ4v) is 3.86. The predicted octanol–water partition coefficient (Wildman–Crippen LogP) is 3.72. The first-order chi connectivity index (χ1) is 13.9. The molecule has 1 aliphatic heterocycles. The van der Waals surface area contributed by atoms with Gasteiger partial charge >= 0.3 is 0 Å². The van der Waals surface area contributed by atoms with Crippen LogP contribution < -0.4 is 4.90 Å². The zero-order valence-electron chi connectivity index (χ0n) is 15.8. The van der Waals surface area contributed by atoms with Gasteiger partial charge in [-0.1, -0.05) is 42.5 Å². The monoisotopic (exact) mass is 369 g/mol. The summed E-state index contributed by atoms with van der Waals surface area (Å²) in [5, 5.41) is 0. The van der Waals surface area contributed by atoms with E-state index in [-0.39, 0.29) is 0 Å². The fourth-order valence-electron chi connectivity index (χ4n) is 3.86. The van der Waals surface area contributed by atoms with Crippen LogP contribution in [0, 0.1) is 0 Å². The van der Waals surface area contributed by atoms with Gasteiger partial charge in [-0.3, -0.25) is 9.30 Å². The van der Waals surface area contributed by atoms with Gasteiger partial charge < -0.3 is 4.90 Å². The van der Waals surface area contributed by atoms with E-state index < -0.39 is 0 Å². The number of pyridine rings is 1. The first-order valence-electron chi connectivity index (χ1n) is 9.79. The number of fused-ring (bicyclic) bond motifs is 3. The molecular weight excluding hydrogens is 346 g/mol. The molecule has 0 spiro atoms. The van der Waals surface area contributed by atoms with Gasteiger partial charge in [-0.25, -0.2) is 9.97 Å². The molecule has 0 saturated carbocycles. The maximum Gasteiger partial charge on any atom is 0.163 e. The molecule has 5 nitrogen and oxygen atoms in total. The minimum Gasteiger partial charge on any atom is -0.352 e. The third-order valence-electron chi connectivity index (χ3n) is 5.34. The second kappa shape index (κ2) is 7.44. The largest absolute Gasteiger partial charge is 0.352 e. The Morgan fingerprint density at radius 3 is 2.61 bits per heavy atom. The Bertz CT molecular complexity index is 1110. The zero-order valence-corrected chi connectivity index (χ0v) is 15.8. The highest BCUT2D eigenvalue weighted by molar-refractivity contribution is 5.82. The Balaban J connectivity index is 1.30. The summed E-state index contributed by atoms with van der Waals surface area (Å²) in [7, 11) is 0. The van der Waals surface area contributed by atoms with E-state index in [1.807, 2.05) is 18.3 Å². The molecule has 4 heterocycles. The van der Waals surface area contributed by atoms with E-state index in [9.17, 15) is 0 Å². The molecule has 0 amide bonds. The van der Waals surface area contributed by atoms with Crippen molar-refractivity contribution >= 4 is 28.6 Å². The molecule has 1 aliphatic rings. The van der Waals surface area contributed by atoms with E-state index in [4.69, 9.17) is 4.98 Å². The second-order valence-corrected chi connectivity index (χ2v) is 7.15. The van der Waals surface area contributed by atoms with Gasteiger partial charge in [0.1, 0.15) is 5.52 Å². The molecule has 28 heavy (non-hydrogen) atoms. The van der Waals surface area contributed by atoms with Crippen LogP contribution in [0.3, 0.4) is 0 Å². The van der Waals surface area contributed by atoms with Crippen molar-refractivity contribution in [1.29, 1.82) is 0 Å². The molecule has 5 rings (SSSR count). The normalized spacial score (nSPS) is 15.8. The molecule has 3 aromatic heterocycles. The molecule has 0 radical (unpaired) electrons. The van der Waals surface area contributed by atoms with Gasteiger partial charge in [-0.2, -0.15) is 0 Å². The molecule has 0 N–H and O–H groups in total. The van der Waals surface area contributed by atoms with Crippen molar-refractivity contribution in [2.45, 2.75) is 0 Å². The highest BCUT2D eigenvalue weighted by atomic mass is 15.3. The molecule has 0 aliphatic carbocycles. The highest BCUT2D eigenvalue weighted by Gasteiger charge is 2.20. The molecule has 0 atom stereocenters. The number of hydrogen-bond donors (Lipinski definition) is 0. The number of rotatable bonds is 4. The van der Waals surface area contributed by atoms with Crippen molar-refractivity contribution in [2.75, 3.05) is 37.6 Å². The maximum atomic E-state index is 4.94. The van der Waals surface area contributed by atoms with Crippen LogP contribution in [0.5, 0.6) is 0 Å². The minimum atomic E-state index is 0.913. The van der Waals surface area contributed by atoms with Crippen LogP contribution in [-0.2, 0) is 0 Å². The minimum absolute atomic E-state index is 0.913. The Morgan fingerprint density at radius 2 is 1.75 bits per heavy atom. The van der Waals surface area contributed by atoms with Gasteiger partial charge in [-0.15, -0.1) is 0 Å². The van der Waals surface area contributed by atoms with Crippen molar-refractivity contribution < 1.29 is 0 Å². The first-order valence-corrected chi connectivity index (χ1v) is 9.79.